The maximum atomic E-state index is 12.9. The molecule has 0 unspecified atom stereocenters. The summed E-state index contributed by atoms with van der Waals surface area (Å²) in [5.41, 5.74) is 2.45. The second-order valence-corrected chi connectivity index (χ2v) is 5.51. The van der Waals surface area contributed by atoms with Crippen LogP contribution in [0.3, 0.4) is 0 Å². The monoisotopic (exact) mass is 298 g/mol. The van der Waals surface area contributed by atoms with E-state index >= 15 is 0 Å². The number of carbonyl (C=O) groups excluding carboxylic acids is 1. The van der Waals surface area contributed by atoms with E-state index in [0.717, 1.165) is 27.2 Å². The minimum atomic E-state index is -0.243. The van der Waals surface area contributed by atoms with Crippen LogP contribution in [0.5, 0.6) is 0 Å². The van der Waals surface area contributed by atoms with Crippen molar-refractivity contribution in [2.24, 2.45) is 0 Å². The van der Waals surface area contributed by atoms with Gasteiger partial charge in [-0.05, 0) is 35.4 Å². The molecule has 0 radical (unpaired) electrons. The van der Waals surface area contributed by atoms with E-state index in [4.69, 9.17) is 0 Å². The second-order valence-electron chi connectivity index (χ2n) is 4.40. The zero-order chi connectivity index (χ0) is 14.7. The summed E-state index contributed by atoms with van der Waals surface area (Å²) in [6.07, 6.45) is 2.38. The van der Waals surface area contributed by atoms with Crippen molar-refractivity contribution in [2.45, 2.75) is 9.79 Å². The van der Waals surface area contributed by atoms with Gasteiger partial charge in [0, 0.05) is 4.90 Å². The van der Waals surface area contributed by atoms with Gasteiger partial charge in [0.2, 0.25) is 0 Å². The average Bonchev–Trinajstić information content (AvgIpc) is 2.96. The van der Waals surface area contributed by atoms with Crippen molar-refractivity contribution in [3.63, 3.8) is 0 Å². The first-order valence-electron chi connectivity index (χ1n) is 6.28. The third-order valence-electron chi connectivity index (χ3n) is 3.01. The minimum absolute atomic E-state index is 0.243. The Labute approximate surface area is 125 Å². The molecule has 0 aliphatic heterocycles. The third-order valence-corrected chi connectivity index (χ3v) is 4.06. The minimum Gasteiger partial charge on any atom is -0.296 e. The fourth-order valence-corrected chi connectivity index (χ4v) is 2.77. The highest BCUT2D eigenvalue weighted by Crippen LogP contribution is 2.30. The molecule has 0 saturated carbocycles. The van der Waals surface area contributed by atoms with Gasteiger partial charge in [0.15, 0.2) is 6.29 Å². The van der Waals surface area contributed by atoms with Crippen molar-refractivity contribution >= 4 is 18.0 Å². The molecule has 1 heterocycles. The van der Waals surface area contributed by atoms with Gasteiger partial charge in [-0.2, -0.15) is 5.10 Å². The van der Waals surface area contributed by atoms with E-state index in [1.54, 1.807) is 18.3 Å². The van der Waals surface area contributed by atoms with Crippen molar-refractivity contribution in [3.8, 4) is 11.1 Å². The number of aromatic nitrogens is 2. The lowest BCUT2D eigenvalue weighted by atomic mass is 10.1. The number of benzene rings is 2. The van der Waals surface area contributed by atoms with E-state index in [9.17, 15) is 9.18 Å². The summed E-state index contributed by atoms with van der Waals surface area (Å²) in [4.78, 5) is 12.6. The molecular formula is C16H11FN2OS. The number of rotatable bonds is 4. The fraction of sp³-hybridized carbons (Fsp3) is 0. The summed E-state index contributed by atoms with van der Waals surface area (Å²) in [5, 5.41) is 6.49. The Morgan fingerprint density at radius 1 is 1.00 bits per heavy atom. The van der Waals surface area contributed by atoms with Crippen LogP contribution in [0.1, 0.15) is 10.5 Å². The van der Waals surface area contributed by atoms with Gasteiger partial charge in [-0.1, -0.05) is 36.0 Å². The van der Waals surface area contributed by atoms with Crippen LogP contribution in [0.2, 0.25) is 0 Å². The fourth-order valence-electron chi connectivity index (χ4n) is 1.94. The number of aromatic amines is 1. The maximum absolute atomic E-state index is 12.9. The topological polar surface area (TPSA) is 45.8 Å². The highest BCUT2D eigenvalue weighted by molar-refractivity contribution is 7.99. The number of aldehydes is 1. The van der Waals surface area contributed by atoms with E-state index in [1.807, 2.05) is 24.3 Å². The number of carbonyl (C=O) groups is 1. The van der Waals surface area contributed by atoms with Crippen molar-refractivity contribution in [1.29, 1.82) is 0 Å². The van der Waals surface area contributed by atoms with Crippen LogP contribution < -0.4 is 0 Å². The summed E-state index contributed by atoms with van der Waals surface area (Å²) in [7, 11) is 0. The zero-order valence-electron chi connectivity index (χ0n) is 10.9. The van der Waals surface area contributed by atoms with E-state index in [-0.39, 0.29) is 5.82 Å². The van der Waals surface area contributed by atoms with Gasteiger partial charge in [0.05, 0.1) is 11.1 Å². The second kappa shape index (κ2) is 5.93. The van der Waals surface area contributed by atoms with E-state index in [0.29, 0.717) is 5.69 Å². The first-order chi connectivity index (χ1) is 10.3. The number of hydrogen-bond acceptors (Lipinski definition) is 3. The predicted molar refractivity (Wildman–Crippen MR) is 79.9 cm³/mol. The Balaban J connectivity index is 1.81. The van der Waals surface area contributed by atoms with Crippen LogP contribution >= 0.6 is 11.8 Å². The Kier molecular flexibility index (Phi) is 3.83. The number of hydrogen-bond donors (Lipinski definition) is 1. The molecule has 104 valence electrons. The molecule has 0 bridgehead atoms. The van der Waals surface area contributed by atoms with Gasteiger partial charge in [-0.15, -0.1) is 0 Å². The molecule has 0 saturated heterocycles. The lowest BCUT2D eigenvalue weighted by Gasteiger charge is -2.04. The van der Waals surface area contributed by atoms with Gasteiger partial charge in [0.25, 0.3) is 0 Å². The number of nitrogens with one attached hydrogen (secondary N) is 1. The quantitative estimate of drug-likeness (QED) is 0.735. The van der Waals surface area contributed by atoms with Crippen LogP contribution in [0.15, 0.2) is 64.5 Å². The Morgan fingerprint density at radius 3 is 2.24 bits per heavy atom. The Hall–Kier alpha value is -2.40. The van der Waals surface area contributed by atoms with Crippen LogP contribution in [0, 0.1) is 5.82 Å². The molecule has 0 amide bonds. The SMILES string of the molecule is O=Cc1[nH]ncc1Sc1ccc(-c2ccc(F)cc2)cc1. The lowest BCUT2D eigenvalue weighted by Crippen LogP contribution is -1.82. The zero-order valence-corrected chi connectivity index (χ0v) is 11.7. The molecule has 1 N–H and O–H groups in total. The van der Waals surface area contributed by atoms with Gasteiger partial charge in [-0.25, -0.2) is 4.39 Å². The normalized spacial score (nSPS) is 10.5. The van der Waals surface area contributed by atoms with Crippen molar-refractivity contribution in [1.82, 2.24) is 10.2 Å². The highest BCUT2D eigenvalue weighted by atomic mass is 32.2. The van der Waals surface area contributed by atoms with Crippen LogP contribution in [-0.4, -0.2) is 16.5 Å². The molecular weight excluding hydrogens is 287 g/mol. The molecule has 0 fully saturated rings. The number of H-pyrrole nitrogens is 1. The molecule has 5 heteroatoms. The standard InChI is InChI=1S/C16H11FN2OS/c17-13-5-1-11(2-6-13)12-3-7-14(8-4-12)21-16-9-18-19-15(16)10-20/h1-10H,(H,18,19). The van der Waals surface area contributed by atoms with Crippen LogP contribution in [0.4, 0.5) is 4.39 Å². The Morgan fingerprint density at radius 2 is 1.62 bits per heavy atom. The summed E-state index contributed by atoms with van der Waals surface area (Å²) in [6, 6.07) is 14.2. The number of nitrogens with zero attached hydrogens (tertiary/aromatic N) is 1. The molecule has 1 aromatic heterocycles. The third kappa shape index (κ3) is 3.03. The summed E-state index contributed by atoms with van der Waals surface area (Å²) in [6.45, 7) is 0. The van der Waals surface area contributed by atoms with Crippen molar-refractivity contribution < 1.29 is 9.18 Å². The summed E-state index contributed by atoms with van der Waals surface area (Å²) >= 11 is 1.47. The van der Waals surface area contributed by atoms with Gasteiger partial charge >= 0.3 is 0 Å². The summed E-state index contributed by atoms with van der Waals surface area (Å²) < 4.78 is 12.9. The van der Waals surface area contributed by atoms with E-state index < -0.39 is 0 Å². The molecule has 3 aromatic rings. The lowest BCUT2D eigenvalue weighted by molar-refractivity contribution is 0.111. The molecule has 21 heavy (non-hydrogen) atoms. The molecule has 0 spiro atoms. The highest BCUT2D eigenvalue weighted by Gasteiger charge is 2.06. The molecule has 0 aliphatic carbocycles. The first-order valence-corrected chi connectivity index (χ1v) is 7.10. The Bertz CT molecular complexity index is 751. The van der Waals surface area contributed by atoms with Gasteiger partial charge in [0.1, 0.15) is 11.5 Å². The number of halogens is 1. The van der Waals surface area contributed by atoms with Gasteiger partial charge < -0.3 is 0 Å². The smallest absolute Gasteiger partial charge is 0.169 e. The largest absolute Gasteiger partial charge is 0.296 e. The molecule has 0 atom stereocenters. The van der Waals surface area contributed by atoms with Crippen molar-refractivity contribution in [2.75, 3.05) is 0 Å². The maximum Gasteiger partial charge on any atom is 0.169 e. The van der Waals surface area contributed by atoms with E-state index in [1.165, 1.54) is 23.9 Å². The average molecular weight is 298 g/mol. The molecule has 0 aliphatic rings. The van der Waals surface area contributed by atoms with E-state index in [2.05, 4.69) is 10.2 Å². The first kappa shape index (κ1) is 13.6. The molecule has 3 rings (SSSR count). The van der Waals surface area contributed by atoms with Crippen LogP contribution in [-0.2, 0) is 0 Å². The summed E-state index contributed by atoms with van der Waals surface area (Å²) in [5.74, 6) is -0.243. The predicted octanol–water partition coefficient (Wildman–Crippen LogP) is 4.18. The van der Waals surface area contributed by atoms with Gasteiger partial charge in [-0.3, -0.25) is 9.89 Å². The van der Waals surface area contributed by atoms with Crippen LogP contribution in [0.25, 0.3) is 11.1 Å². The molecule has 2 aromatic carbocycles. The van der Waals surface area contributed by atoms with Crippen molar-refractivity contribution in [3.05, 3.63) is 66.2 Å². The molecule has 3 nitrogen and oxygen atoms in total.